The average molecular weight is 295 g/mol. The van der Waals surface area contributed by atoms with Gasteiger partial charge in [-0.15, -0.1) is 0 Å². The van der Waals surface area contributed by atoms with E-state index in [2.05, 4.69) is 15.3 Å². The number of pyridine rings is 1. The monoisotopic (exact) mass is 295 g/mol. The fourth-order valence-corrected chi connectivity index (χ4v) is 2.55. The first-order valence-electron chi connectivity index (χ1n) is 7.10. The molecular formula is C17H17N3O2. The van der Waals surface area contributed by atoms with E-state index in [0.717, 1.165) is 22.2 Å². The average Bonchev–Trinajstić information content (AvgIpc) is 2.89. The number of aryl methyl sites for hydroxylation is 1. The van der Waals surface area contributed by atoms with Crippen LogP contribution in [-0.4, -0.2) is 27.5 Å². The first-order chi connectivity index (χ1) is 10.7. The third-order valence-electron chi connectivity index (χ3n) is 3.67. The van der Waals surface area contributed by atoms with E-state index in [9.17, 15) is 9.90 Å². The number of aromatic amines is 1. The number of aromatic nitrogens is 2. The standard InChI is InChI=1S/C17H17N3O2/c1-11-16(13-4-2-3-5-14(13)20-11)17(22)19-10-15(21)12-6-8-18-9-7-12/h2-9,15,20-21H,10H2,1H3,(H,19,22). The molecule has 22 heavy (non-hydrogen) atoms. The number of para-hydroxylation sites is 1. The van der Waals surface area contributed by atoms with Gasteiger partial charge in [0.1, 0.15) is 0 Å². The number of aliphatic hydroxyl groups excluding tert-OH is 1. The number of carbonyl (C=O) groups is 1. The molecule has 0 aliphatic carbocycles. The van der Waals surface area contributed by atoms with Gasteiger partial charge in [-0.1, -0.05) is 18.2 Å². The molecule has 0 spiro atoms. The Morgan fingerprint density at radius 3 is 2.77 bits per heavy atom. The van der Waals surface area contributed by atoms with E-state index in [1.807, 2.05) is 31.2 Å². The van der Waals surface area contributed by atoms with Crippen LogP contribution in [0.1, 0.15) is 27.7 Å². The molecule has 1 aromatic carbocycles. The molecule has 112 valence electrons. The molecule has 0 saturated carbocycles. The van der Waals surface area contributed by atoms with Gasteiger partial charge in [-0.3, -0.25) is 9.78 Å². The van der Waals surface area contributed by atoms with Crippen LogP contribution in [0.5, 0.6) is 0 Å². The first kappa shape index (κ1) is 14.3. The number of nitrogens with zero attached hydrogens (tertiary/aromatic N) is 1. The number of rotatable bonds is 4. The zero-order valence-corrected chi connectivity index (χ0v) is 12.2. The summed E-state index contributed by atoms with van der Waals surface area (Å²) >= 11 is 0. The molecule has 5 heteroatoms. The van der Waals surface area contributed by atoms with Crippen molar-refractivity contribution in [2.45, 2.75) is 13.0 Å². The fraction of sp³-hybridized carbons (Fsp3) is 0.176. The quantitative estimate of drug-likeness (QED) is 0.691. The maximum Gasteiger partial charge on any atom is 0.253 e. The molecule has 3 rings (SSSR count). The highest BCUT2D eigenvalue weighted by Gasteiger charge is 2.17. The van der Waals surface area contributed by atoms with E-state index in [1.165, 1.54) is 0 Å². The lowest BCUT2D eigenvalue weighted by Crippen LogP contribution is -2.28. The molecule has 0 aliphatic rings. The number of amides is 1. The fourth-order valence-electron chi connectivity index (χ4n) is 2.55. The van der Waals surface area contributed by atoms with Crippen LogP contribution in [0.4, 0.5) is 0 Å². The highest BCUT2D eigenvalue weighted by atomic mass is 16.3. The summed E-state index contributed by atoms with van der Waals surface area (Å²) in [4.78, 5) is 19.5. The molecule has 0 fully saturated rings. The third-order valence-corrected chi connectivity index (χ3v) is 3.67. The lowest BCUT2D eigenvalue weighted by Gasteiger charge is -2.12. The normalized spacial score (nSPS) is 12.3. The predicted octanol–water partition coefficient (Wildman–Crippen LogP) is 2.33. The summed E-state index contributed by atoms with van der Waals surface area (Å²) in [7, 11) is 0. The number of hydrogen-bond acceptors (Lipinski definition) is 3. The van der Waals surface area contributed by atoms with Crippen LogP contribution in [0.3, 0.4) is 0 Å². The molecule has 2 heterocycles. The van der Waals surface area contributed by atoms with Crippen molar-refractivity contribution >= 4 is 16.8 Å². The van der Waals surface area contributed by atoms with Gasteiger partial charge in [0.05, 0.1) is 11.7 Å². The van der Waals surface area contributed by atoms with Gasteiger partial charge in [-0.25, -0.2) is 0 Å². The summed E-state index contributed by atoms with van der Waals surface area (Å²) < 4.78 is 0. The Balaban J connectivity index is 1.75. The van der Waals surface area contributed by atoms with Crippen molar-refractivity contribution in [3.05, 3.63) is 65.6 Å². The van der Waals surface area contributed by atoms with Crippen molar-refractivity contribution in [3.8, 4) is 0 Å². The molecule has 3 aromatic rings. The van der Waals surface area contributed by atoms with Crippen molar-refractivity contribution in [2.75, 3.05) is 6.54 Å². The minimum Gasteiger partial charge on any atom is -0.387 e. The first-order valence-corrected chi connectivity index (χ1v) is 7.10. The summed E-state index contributed by atoms with van der Waals surface area (Å²) in [6.45, 7) is 2.02. The lowest BCUT2D eigenvalue weighted by atomic mass is 10.1. The van der Waals surface area contributed by atoms with Crippen LogP contribution in [0.2, 0.25) is 0 Å². The Morgan fingerprint density at radius 1 is 1.27 bits per heavy atom. The lowest BCUT2D eigenvalue weighted by molar-refractivity contribution is 0.0917. The van der Waals surface area contributed by atoms with E-state index in [-0.39, 0.29) is 12.5 Å². The Morgan fingerprint density at radius 2 is 2.00 bits per heavy atom. The van der Waals surface area contributed by atoms with Gasteiger partial charge < -0.3 is 15.4 Å². The molecule has 2 aromatic heterocycles. The third kappa shape index (κ3) is 2.71. The zero-order chi connectivity index (χ0) is 15.5. The van der Waals surface area contributed by atoms with E-state index in [4.69, 9.17) is 0 Å². The zero-order valence-electron chi connectivity index (χ0n) is 12.2. The number of carbonyl (C=O) groups excluding carboxylic acids is 1. The molecule has 0 aliphatic heterocycles. The van der Waals surface area contributed by atoms with Crippen LogP contribution in [0.15, 0.2) is 48.8 Å². The second kappa shape index (κ2) is 5.99. The van der Waals surface area contributed by atoms with Gasteiger partial charge in [0, 0.05) is 35.5 Å². The van der Waals surface area contributed by atoms with Gasteiger partial charge in [0.25, 0.3) is 5.91 Å². The van der Waals surface area contributed by atoms with Crippen LogP contribution < -0.4 is 5.32 Å². The van der Waals surface area contributed by atoms with E-state index in [0.29, 0.717) is 5.56 Å². The van der Waals surface area contributed by atoms with Crippen molar-refractivity contribution in [3.63, 3.8) is 0 Å². The maximum atomic E-state index is 12.4. The van der Waals surface area contributed by atoms with Crippen LogP contribution in [-0.2, 0) is 0 Å². The van der Waals surface area contributed by atoms with E-state index < -0.39 is 6.10 Å². The topological polar surface area (TPSA) is 78.0 Å². The number of H-pyrrole nitrogens is 1. The summed E-state index contributed by atoms with van der Waals surface area (Å²) in [5.74, 6) is -0.192. The molecule has 0 bridgehead atoms. The van der Waals surface area contributed by atoms with E-state index >= 15 is 0 Å². The second-order valence-electron chi connectivity index (χ2n) is 5.18. The van der Waals surface area contributed by atoms with Gasteiger partial charge in [0.2, 0.25) is 0 Å². The van der Waals surface area contributed by atoms with E-state index in [1.54, 1.807) is 24.5 Å². The summed E-state index contributed by atoms with van der Waals surface area (Å²) in [6, 6.07) is 11.1. The van der Waals surface area contributed by atoms with Gasteiger partial charge in [-0.2, -0.15) is 0 Å². The van der Waals surface area contributed by atoms with Gasteiger partial charge in [-0.05, 0) is 30.7 Å². The molecule has 1 amide bonds. The van der Waals surface area contributed by atoms with Crippen molar-refractivity contribution in [1.29, 1.82) is 0 Å². The SMILES string of the molecule is Cc1[nH]c2ccccc2c1C(=O)NCC(O)c1ccncc1. The minimum absolute atomic E-state index is 0.155. The number of fused-ring (bicyclic) bond motifs is 1. The Labute approximate surface area is 128 Å². The highest BCUT2D eigenvalue weighted by molar-refractivity contribution is 6.08. The van der Waals surface area contributed by atoms with Crippen LogP contribution in [0.25, 0.3) is 10.9 Å². The predicted molar refractivity (Wildman–Crippen MR) is 84.6 cm³/mol. The van der Waals surface area contributed by atoms with Gasteiger partial charge >= 0.3 is 0 Å². The summed E-state index contributed by atoms with van der Waals surface area (Å²) in [5.41, 5.74) is 3.10. The maximum absolute atomic E-state index is 12.4. The summed E-state index contributed by atoms with van der Waals surface area (Å²) in [5, 5.41) is 13.8. The molecule has 5 nitrogen and oxygen atoms in total. The number of aliphatic hydroxyl groups is 1. The van der Waals surface area contributed by atoms with Crippen LogP contribution in [0, 0.1) is 6.92 Å². The van der Waals surface area contributed by atoms with Crippen molar-refractivity contribution in [1.82, 2.24) is 15.3 Å². The Hall–Kier alpha value is -2.66. The molecule has 1 atom stereocenters. The van der Waals surface area contributed by atoms with Crippen molar-refractivity contribution < 1.29 is 9.90 Å². The molecule has 0 saturated heterocycles. The smallest absolute Gasteiger partial charge is 0.253 e. The number of hydrogen-bond donors (Lipinski definition) is 3. The largest absolute Gasteiger partial charge is 0.387 e. The number of nitrogens with one attached hydrogen (secondary N) is 2. The Kier molecular flexibility index (Phi) is 3.89. The Bertz CT molecular complexity index is 796. The number of benzene rings is 1. The molecule has 1 unspecified atom stereocenters. The summed E-state index contributed by atoms with van der Waals surface area (Å²) in [6.07, 6.45) is 2.48. The molecule has 0 radical (unpaired) electrons. The second-order valence-corrected chi connectivity index (χ2v) is 5.18. The van der Waals surface area contributed by atoms with Gasteiger partial charge in [0.15, 0.2) is 0 Å². The van der Waals surface area contributed by atoms with Crippen molar-refractivity contribution in [2.24, 2.45) is 0 Å². The molecule has 3 N–H and O–H groups in total. The molecular weight excluding hydrogens is 278 g/mol. The van der Waals surface area contributed by atoms with Crippen LogP contribution >= 0.6 is 0 Å². The highest BCUT2D eigenvalue weighted by Crippen LogP contribution is 2.21. The minimum atomic E-state index is -0.752.